The van der Waals surface area contributed by atoms with Crippen molar-refractivity contribution < 1.29 is 32.3 Å². The second-order valence-electron chi connectivity index (χ2n) is 6.41. The Morgan fingerprint density at radius 1 is 1.18 bits per heavy atom. The quantitative estimate of drug-likeness (QED) is 0.579. The number of benzene rings is 2. The minimum Gasteiger partial charge on any atom is -0.490 e. The highest BCUT2D eigenvalue weighted by Gasteiger charge is 2.33. The van der Waals surface area contributed by atoms with Crippen molar-refractivity contribution in [2.24, 2.45) is 0 Å². The Bertz CT molecular complexity index is 932. The molecule has 2 aliphatic rings. The van der Waals surface area contributed by atoms with Gasteiger partial charge in [0, 0.05) is 29.8 Å². The van der Waals surface area contributed by atoms with Crippen molar-refractivity contribution in [1.82, 2.24) is 0 Å². The topological polar surface area (TPSA) is 74.1 Å². The van der Waals surface area contributed by atoms with E-state index >= 15 is 0 Å². The van der Waals surface area contributed by atoms with Gasteiger partial charge in [-0.3, -0.25) is 10.1 Å². The molecule has 2 aromatic rings. The Balaban J connectivity index is 1.73. The lowest BCUT2D eigenvalue weighted by molar-refractivity contribution is -0.385. The number of nitrogens with zero attached hydrogens (tertiary/aromatic N) is 2. The molecule has 2 heterocycles. The standard InChI is InChI=1S/C18H15F3N2O5/c19-18(20,21)13-1-2-16-15(7-13)22(3-4-27-16)8-11-5-14(23(24)25)6-12-9-26-10-28-17(11)12/h1-2,5-7H,3-4,8-10H2. The predicted octanol–water partition coefficient (Wildman–Crippen LogP) is 3.88. The summed E-state index contributed by atoms with van der Waals surface area (Å²) in [6.07, 6.45) is -4.48. The highest BCUT2D eigenvalue weighted by atomic mass is 19.4. The molecule has 0 saturated heterocycles. The van der Waals surface area contributed by atoms with Crippen LogP contribution in [0.15, 0.2) is 30.3 Å². The molecule has 0 radical (unpaired) electrons. The summed E-state index contributed by atoms with van der Waals surface area (Å²) in [5.41, 5.74) is 0.423. The van der Waals surface area contributed by atoms with E-state index in [0.29, 0.717) is 35.8 Å². The molecule has 0 amide bonds. The molecule has 0 unspecified atom stereocenters. The largest absolute Gasteiger partial charge is 0.490 e. The van der Waals surface area contributed by atoms with E-state index in [1.807, 2.05) is 0 Å². The highest BCUT2D eigenvalue weighted by Crippen LogP contribution is 2.40. The number of ether oxygens (including phenoxy) is 3. The van der Waals surface area contributed by atoms with Crippen molar-refractivity contribution in [3.05, 3.63) is 57.1 Å². The molecule has 10 heteroatoms. The van der Waals surface area contributed by atoms with E-state index in [4.69, 9.17) is 14.2 Å². The van der Waals surface area contributed by atoms with Crippen LogP contribution in [0.3, 0.4) is 0 Å². The van der Waals surface area contributed by atoms with Gasteiger partial charge in [0.15, 0.2) is 6.79 Å². The van der Waals surface area contributed by atoms with E-state index in [-0.39, 0.29) is 31.3 Å². The second kappa shape index (κ2) is 6.86. The number of fused-ring (bicyclic) bond motifs is 2. The summed E-state index contributed by atoms with van der Waals surface area (Å²) in [6.45, 7) is 0.946. The summed E-state index contributed by atoms with van der Waals surface area (Å²) in [7, 11) is 0. The number of hydrogen-bond donors (Lipinski definition) is 0. The number of alkyl halides is 3. The van der Waals surface area contributed by atoms with Crippen molar-refractivity contribution in [1.29, 1.82) is 0 Å². The fourth-order valence-corrected chi connectivity index (χ4v) is 3.32. The molecule has 2 aromatic carbocycles. The Labute approximate surface area is 157 Å². The molecule has 2 aliphatic heterocycles. The minimum atomic E-state index is -4.48. The van der Waals surface area contributed by atoms with Crippen LogP contribution >= 0.6 is 0 Å². The molecule has 4 rings (SSSR count). The first-order chi connectivity index (χ1) is 13.3. The summed E-state index contributed by atoms with van der Waals surface area (Å²) < 4.78 is 55.5. The van der Waals surface area contributed by atoms with Gasteiger partial charge >= 0.3 is 6.18 Å². The first-order valence-corrected chi connectivity index (χ1v) is 8.42. The van der Waals surface area contributed by atoms with Gasteiger partial charge < -0.3 is 19.1 Å². The zero-order chi connectivity index (χ0) is 19.9. The number of hydrogen-bond acceptors (Lipinski definition) is 6. The SMILES string of the molecule is O=[N+]([O-])c1cc2c(c(CN3CCOc4ccc(C(F)(F)F)cc43)c1)OCOC2. The monoisotopic (exact) mass is 396 g/mol. The van der Waals surface area contributed by atoms with Crippen LogP contribution in [0.1, 0.15) is 16.7 Å². The zero-order valence-corrected chi connectivity index (χ0v) is 14.5. The van der Waals surface area contributed by atoms with Crippen molar-refractivity contribution >= 4 is 11.4 Å². The third-order valence-electron chi connectivity index (χ3n) is 4.59. The molecule has 0 aliphatic carbocycles. The third kappa shape index (κ3) is 3.42. The average molecular weight is 396 g/mol. The van der Waals surface area contributed by atoms with Gasteiger partial charge in [-0.25, -0.2) is 0 Å². The average Bonchev–Trinajstić information content (AvgIpc) is 2.67. The molecular weight excluding hydrogens is 381 g/mol. The lowest BCUT2D eigenvalue weighted by atomic mass is 10.0. The number of nitro benzene ring substituents is 1. The number of nitro groups is 1. The highest BCUT2D eigenvalue weighted by molar-refractivity contribution is 5.63. The lowest BCUT2D eigenvalue weighted by Crippen LogP contribution is -2.33. The molecule has 0 aromatic heterocycles. The van der Waals surface area contributed by atoms with Gasteiger partial charge in [0.05, 0.1) is 29.3 Å². The van der Waals surface area contributed by atoms with Crippen LogP contribution in [0.4, 0.5) is 24.5 Å². The molecule has 7 nitrogen and oxygen atoms in total. The Morgan fingerprint density at radius 3 is 2.75 bits per heavy atom. The van der Waals surface area contributed by atoms with Crippen molar-refractivity contribution in [3.8, 4) is 11.5 Å². The molecular formula is C18H15F3N2O5. The van der Waals surface area contributed by atoms with Gasteiger partial charge in [0.1, 0.15) is 18.1 Å². The summed E-state index contributed by atoms with van der Waals surface area (Å²) in [4.78, 5) is 12.4. The Morgan fingerprint density at radius 2 is 2.00 bits per heavy atom. The minimum absolute atomic E-state index is 0.00965. The number of rotatable bonds is 3. The molecule has 0 fully saturated rings. The van der Waals surface area contributed by atoms with Gasteiger partial charge in [-0.1, -0.05) is 0 Å². The maximum absolute atomic E-state index is 13.1. The normalized spacial score (nSPS) is 15.9. The third-order valence-corrected chi connectivity index (χ3v) is 4.59. The van der Waals surface area contributed by atoms with E-state index in [9.17, 15) is 23.3 Å². The van der Waals surface area contributed by atoms with Crippen molar-refractivity contribution in [2.45, 2.75) is 19.3 Å². The molecule has 0 atom stereocenters. The smallest absolute Gasteiger partial charge is 0.416 e. The van der Waals surface area contributed by atoms with Crippen LogP contribution in [0.25, 0.3) is 0 Å². The molecule has 0 saturated carbocycles. The molecule has 148 valence electrons. The summed E-state index contributed by atoms with van der Waals surface area (Å²) in [5, 5.41) is 11.2. The van der Waals surface area contributed by atoms with Crippen LogP contribution in [0, 0.1) is 10.1 Å². The molecule has 0 spiro atoms. The maximum Gasteiger partial charge on any atom is 0.416 e. The van der Waals surface area contributed by atoms with Crippen LogP contribution in [0.2, 0.25) is 0 Å². The van der Waals surface area contributed by atoms with Crippen LogP contribution in [0.5, 0.6) is 11.5 Å². The first-order valence-electron chi connectivity index (χ1n) is 8.42. The Kier molecular flexibility index (Phi) is 4.50. The second-order valence-corrected chi connectivity index (χ2v) is 6.41. The fraction of sp³-hybridized carbons (Fsp3) is 0.333. The van der Waals surface area contributed by atoms with Crippen LogP contribution in [-0.4, -0.2) is 24.9 Å². The maximum atomic E-state index is 13.1. The van der Waals surface area contributed by atoms with E-state index in [1.54, 1.807) is 4.90 Å². The Hall–Kier alpha value is -3.01. The summed E-state index contributed by atoms with van der Waals surface area (Å²) >= 11 is 0. The predicted molar refractivity (Wildman–Crippen MR) is 91.4 cm³/mol. The first kappa shape index (κ1) is 18.4. The molecule has 28 heavy (non-hydrogen) atoms. The van der Waals surface area contributed by atoms with Crippen LogP contribution < -0.4 is 14.4 Å². The van der Waals surface area contributed by atoms with E-state index in [2.05, 4.69) is 0 Å². The fourth-order valence-electron chi connectivity index (χ4n) is 3.32. The van der Waals surface area contributed by atoms with Gasteiger partial charge in [0.2, 0.25) is 0 Å². The van der Waals surface area contributed by atoms with Gasteiger partial charge in [-0.15, -0.1) is 0 Å². The van der Waals surface area contributed by atoms with E-state index in [0.717, 1.165) is 12.1 Å². The van der Waals surface area contributed by atoms with Crippen molar-refractivity contribution in [3.63, 3.8) is 0 Å². The summed E-state index contributed by atoms with van der Waals surface area (Å²) in [6, 6.07) is 6.05. The number of halogens is 3. The molecule has 0 bridgehead atoms. The molecule has 0 N–H and O–H groups in total. The number of anilines is 1. The lowest BCUT2D eigenvalue weighted by Gasteiger charge is -2.33. The van der Waals surface area contributed by atoms with E-state index < -0.39 is 16.7 Å². The van der Waals surface area contributed by atoms with Crippen LogP contribution in [-0.2, 0) is 24.1 Å². The summed E-state index contributed by atoms with van der Waals surface area (Å²) in [5.74, 6) is 0.805. The number of non-ortho nitro benzene ring substituents is 1. The van der Waals surface area contributed by atoms with Gasteiger partial charge in [-0.2, -0.15) is 13.2 Å². The van der Waals surface area contributed by atoms with Crippen molar-refractivity contribution in [2.75, 3.05) is 24.8 Å². The van der Waals surface area contributed by atoms with Gasteiger partial charge in [-0.05, 0) is 18.2 Å². The zero-order valence-electron chi connectivity index (χ0n) is 14.5. The van der Waals surface area contributed by atoms with E-state index in [1.165, 1.54) is 18.2 Å². The van der Waals surface area contributed by atoms with Gasteiger partial charge in [0.25, 0.3) is 5.69 Å².